The second-order valence-corrected chi connectivity index (χ2v) is 6.93. The molecule has 0 aliphatic heterocycles. The number of rotatable bonds is 4. The Kier molecular flexibility index (Phi) is 4.81. The van der Waals surface area contributed by atoms with Crippen LogP contribution in [-0.2, 0) is 13.8 Å². The number of nitrogens with zero attached hydrogens (tertiary/aromatic N) is 1. The number of carbonyl (C=O) groups is 1. The van der Waals surface area contributed by atoms with Gasteiger partial charge in [0.15, 0.2) is 6.61 Å². The highest BCUT2D eigenvalue weighted by Crippen LogP contribution is 2.27. The van der Waals surface area contributed by atoms with Crippen LogP contribution in [0.2, 0.25) is 0 Å². The fourth-order valence-corrected chi connectivity index (χ4v) is 2.71. The first-order chi connectivity index (χ1) is 8.62. The second kappa shape index (κ2) is 5.79. The van der Waals surface area contributed by atoms with Gasteiger partial charge in [0.25, 0.3) is 15.0 Å². The minimum atomic E-state index is -3.78. The van der Waals surface area contributed by atoms with Crippen LogP contribution in [0.25, 0.3) is 0 Å². The molecule has 0 bridgehead atoms. The van der Waals surface area contributed by atoms with Crippen molar-refractivity contribution >= 4 is 25.6 Å². The summed E-state index contributed by atoms with van der Waals surface area (Å²) in [5.41, 5.74) is 1.09. The smallest absolute Gasteiger partial charge is 0.261 e. The molecule has 0 aliphatic carbocycles. The maximum atomic E-state index is 11.4. The summed E-state index contributed by atoms with van der Waals surface area (Å²) in [6.45, 7) is 3.22. The number of halogens is 1. The highest BCUT2D eigenvalue weighted by molar-refractivity contribution is 8.13. The Morgan fingerprint density at radius 2 is 1.84 bits per heavy atom. The molecule has 0 unspecified atom stereocenters. The van der Waals surface area contributed by atoms with Crippen molar-refractivity contribution in [2.45, 2.75) is 18.7 Å². The quantitative estimate of drug-likeness (QED) is 0.794. The van der Waals surface area contributed by atoms with Gasteiger partial charge in [-0.15, -0.1) is 0 Å². The largest absolute Gasteiger partial charge is 0.483 e. The Hall–Kier alpha value is -1.27. The van der Waals surface area contributed by atoms with Gasteiger partial charge in [-0.1, -0.05) is 0 Å². The lowest BCUT2D eigenvalue weighted by Crippen LogP contribution is -2.27. The molecule has 7 heteroatoms. The number of amides is 1. The number of likely N-dealkylation sites (N-methyl/N-ethyl adjacent to an activating group) is 1. The average Bonchev–Trinajstić information content (AvgIpc) is 2.27. The van der Waals surface area contributed by atoms with E-state index in [-0.39, 0.29) is 17.4 Å². The van der Waals surface area contributed by atoms with E-state index in [1.165, 1.54) is 11.0 Å². The van der Waals surface area contributed by atoms with Gasteiger partial charge in [0.1, 0.15) is 5.75 Å². The molecular weight excluding hydrogens is 290 g/mol. The third-order valence-corrected chi connectivity index (χ3v) is 4.05. The van der Waals surface area contributed by atoms with Crippen LogP contribution < -0.4 is 4.74 Å². The number of benzene rings is 1. The third kappa shape index (κ3) is 4.11. The van der Waals surface area contributed by atoms with Crippen molar-refractivity contribution in [1.29, 1.82) is 0 Å². The molecule has 0 spiro atoms. The van der Waals surface area contributed by atoms with E-state index in [0.717, 1.165) is 0 Å². The van der Waals surface area contributed by atoms with Crippen molar-refractivity contribution in [3.05, 3.63) is 23.3 Å². The molecule has 0 atom stereocenters. The van der Waals surface area contributed by atoms with Crippen molar-refractivity contribution in [2.75, 3.05) is 20.7 Å². The van der Waals surface area contributed by atoms with Crippen LogP contribution in [0.4, 0.5) is 0 Å². The van der Waals surface area contributed by atoms with E-state index in [4.69, 9.17) is 15.4 Å². The topological polar surface area (TPSA) is 63.7 Å². The van der Waals surface area contributed by atoms with E-state index < -0.39 is 9.05 Å². The molecule has 0 saturated heterocycles. The molecular formula is C12H16ClNO4S. The summed E-state index contributed by atoms with van der Waals surface area (Å²) in [7, 11) is 4.82. The fourth-order valence-electron chi connectivity index (χ4n) is 1.45. The third-order valence-electron chi connectivity index (χ3n) is 2.59. The Morgan fingerprint density at radius 3 is 2.32 bits per heavy atom. The van der Waals surface area contributed by atoms with Crippen molar-refractivity contribution in [2.24, 2.45) is 0 Å². The normalized spacial score (nSPS) is 11.2. The predicted molar refractivity (Wildman–Crippen MR) is 73.1 cm³/mol. The molecule has 0 saturated carbocycles. The van der Waals surface area contributed by atoms with Crippen molar-refractivity contribution in [3.8, 4) is 5.75 Å². The van der Waals surface area contributed by atoms with Crippen LogP contribution in [0.3, 0.4) is 0 Å². The van der Waals surface area contributed by atoms with E-state index in [1.54, 1.807) is 34.0 Å². The van der Waals surface area contributed by atoms with E-state index in [1.807, 2.05) is 0 Å². The molecule has 5 nitrogen and oxygen atoms in total. The lowest BCUT2D eigenvalue weighted by Gasteiger charge is -2.14. The van der Waals surface area contributed by atoms with Crippen molar-refractivity contribution < 1.29 is 17.9 Å². The monoisotopic (exact) mass is 305 g/mol. The molecule has 0 heterocycles. The zero-order valence-corrected chi connectivity index (χ0v) is 12.8. The molecule has 0 aliphatic rings. The molecule has 106 valence electrons. The maximum absolute atomic E-state index is 11.4. The highest BCUT2D eigenvalue weighted by atomic mass is 35.7. The van der Waals surface area contributed by atoms with Crippen LogP contribution >= 0.6 is 10.7 Å². The predicted octanol–water partition coefficient (Wildman–Crippen LogP) is 1.70. The first-order valence-electron chi connectivity index (χ1n) is 5.51. The maximum Gasteiger partial charge on any atom is 0.261 e. The van der Waals surface area contributed by atoms with Gasteiger partial charge in [-0.3, -0.25) is 4.79 Å². The Labute approximate surface area is 117 Å². The number of ether oxygens (including phenoxy) is 1. The number of aryl methyl sites for hydroxylation is 2. The molecule has 0 fully saturated rings. The molecule has 1 aromatic carbocycles. The molecule has 1 aromatic rings. The average molecular weight is 306 g/mol. The molecule has 19 heavy (non-hydrogen) atoms. The van der Waals surface area contributed by atoms with Gasteiger partial charge in [-0.05, 0) is 37.1 Å². The second-order valence-electron chi connectivity index (χ2n) is 4.40. The Morgan fingerprint density at radius 1 is 1.26 bits per heavy atom. The summed E-state index contributed by atoms with van der Waals surface area (Å²) < 4.78 is 28.1. The van der Waals surface area contributed by atoms with Gasteiger partial charge >= 0.3 is 0 Å². The number of carbonyl (C=O) groups excluding carboxylic acids is 1. The summed E-state index contributed by atoms with van der Waals surface area (Å²) in [4.78, 5) is 12.9. The lowest BCUT2D eigenvalue weighted by atomic mass is 10.1. The van der Waals surface area contributed by atoms with Crippen molar-refractivity contribution in [3.63, 3.8) is 0 Å². The molecule has 0 aromatic heterocycles. The molecule has 0 N–H and O–H groups in total. The van der Waals surface area contributed by atoms with Crippen LogP contribution in [0.5, 0.6) is 5.75 Å². The zero-order valence-electron chi connectivity index (χ0n) is 11.2. The fraction of sp³-hybridized carbons (Fsp3) is 0.417. The Bertz CT molecular complexity index is 596. The van der Waals surface area contributed by atoms with Crippen LogP contribution in [-0.4, -0.2) is 39.9 Å². The first kappa shape index (κ1) is 15.8. The van der Waals surface area contributed by atoms with Gasteiger partial charge in [0.05, 0.1) is 4.90 Å². The summed E-state index contributed by atoms with van der Waals surface area (Å²) in [6.07, 6.45) is 0. The van der Waals surface area contributed by atoms with E-state index in [2.05, 4.69) is 0 Å². The molecule has 1 amide bonds. The number of hydrogen-bond donors (Lipinski definition) is 0. The molecule has 0 radical (unpaired) electrons. The summed E-state index contributed by atoms with van der Waals surface area (Å²) in [5.74, 6) is 0.294. The van der Waals surface area contributed by atoms with Gasteiger partial charge in [0.2, 0.25) is 0 Å². The lowest BCUT2D eigenvalue weighted by molar-refractivity contribution is -0.130. The summed E-state index contributed by atoms with van der Waals surface area (Å²) in [6, 6.07) is 3.00. The van der Waals surface area contributed by atoms with E-state index in [0.29, 0.717) is 16.9 Å². The van der Waals surface area contributed by atoms with Gasteiger partial charge in [0, 0.05) is 24.8 Å². The number of hydrogen-bond acceptors (Lipinski definition) is 4. The van der Waals surface area contributed by atoms with Crippen LogP contribution in [0.1, 0.15) is 11.1 Å². The standard InChI is InChI=1S/C12H16ClNO4S/c1-8-6-11(19(13,16)17)9(2)5-10(8)18-7-12(15)14(3)4/h5-6H,7H2,1-4H3. The van der Waals surface area contributed by atoms with Crippen LogP contribution in [0.15, 0.2) is 17.0 Å². The molecule has 1 rings (SSSR count). The van der Waals surface area contributed by atoms with Gasteiger partial charge in [-0.2, -0.15) is 0 Å². The van der Waals surface area contributed by atoms with E-state index >= 15 is 0 Å². The van der Waals surface area contributed by atoms with Crippen molar-refractivity contribution in [1.82, 2.24) is 4.90 Å². The SMILES string of the molecule is Cc1cc(S(=O)(=O)Cl)c(C)cc1OCC(=O)N(C)C. The zero-order chi connectivity index (χ0) is 14.8. The van der Waals surface area contributed by atoms with E-state index in [9.17, 15) is 13.2 Å². The van der Waals surface area contributed by atoms with Gasteiger partial charge in [-0.25, -0.2) is 8.42 Å². The Balaban J connectivity index is 3.00. The summed E-state index contributed by atoms with van der Waals surface area (Å²) in [5, 5.41) is 0. The highest BCUT2D eigenvalue weighted by Gasteiger charge is 2.16. The minimum Gasteiger partial charge on any atom is -0.483 e. The van der Waals surface area contributed by atoms with Crippen LogP contribution in [0, 0.1) is 13.8 Å². The minimum absolute atomic E-state index is 0.0537. The summed E-state index contributed by atoms with van der Waals surface area (Å²) >= 11 is 0. The first-order valence-corrected chi connectivity index (χ1v) is 7.82. The van der Waals surface area contributed by atoms with Gasteiger partial charge < -0.3 is 9.64 Å².